The third-order valence-electron chi connectivity index (χ3n) is 6.25. The minimum atomic E-state index is 0.166. The van der Waals surface area contributed by atoms with Crippen molar-refractivity contribution in [2.45, 2.75) is 56.4 Å². The Morgan fingerprint density at radius 1 is 1.22 bits per heavy atom. The predicted molar refractivity (Wildman–Crippen MR) is 92.4 cm³/mol. The molecule has 0 aromatic heterocycles. The van der Waals surface area contributed by atoms with Crippen LogP contribution in [0.5, 0.6) is 5.75 Å². The lowest BCUT2D eigenvalue weighted by molar-refractivity contribution is 0.0853. The summed E-state index contributed by atoms with van der Waals surface area (Å²) in [5, 5.41) is 0. The van der Waals surface area contributed by atoms with E-state index in [4.69, 9.17) is 9.47 Å². The minimum Gasteiger partial charge on any atom is -0.492 e. The van der Waals surface area contributed by atoms with Crippen LogP contribution in [-0.4, -0.2) is 44.4 Å². The molecule has 126 valence electrons. The third kappa shape index (κ3) is 2.89. The van der Waals surface area contributed by atoms with Crippen molar-refractivity contribution in [2.24, 2.45) is 0 Å². The molecule has 0 saturated carbocycles. The van der Waals surface area contributed by atoms with Crippen molar-refractivity contribution in [1.82, 2.24) is 4.90 Å². The van der Waals surface area contributed by atoms with Gasteiger partial charge in [0.15, 0.2) is 0 Å². The average molecular weight is 315 g/mol. The van der Waals surface area contributed by atoms with E-state index in [-0.39, 0.29) is 5.41 Å². The zero-order valence-electron chi connectivity index (χ0n) is 14.5. The van der Waals surface area contributed by atoms with E-state index in [1.54, 1.807) is 0 Å². The van der Waals surface area contributed by atoms with E-state index in [0.29, 0.717) is 12.0 Å². The molecule has 1 aromatic carbocycles. The lowest BCUT2D eigenvalue weighted by Crippen LogP contribution is -2.35. The monoisotopic (exact) mass is 315 g/mol. The molecule has 0 spiro atoms. The van der Waals surface area contributed by atoms with Crippen molar-refractivity contribution in [3.05, 3.63) is 29.3 Å². The highest BCUT2D eigenvalue weighted by Crippen LogP contribution is 2.45. The van der Waals surface area contributed by atoms with E-state index in [1.165, 1.54) is 36.9 Å². The van der Waals surface area contributed by atoms with Gasteiger partial charge in [-0.15, -0.1) is 0 Å². The summed E-state index contributed by atoms with van der Waals surface area (Å²) < 4.78 is 11.6. The molecule has 0 amide bonds. The van der Waals surface area contributed by atoms with Crippen LogP contribution in [0.3, 0.4) is 0 Å². The molecule has 1 unspecified atom stereocenters. The van der Waals surface area contributed by atoms with E-state index >= 15 is 0 Å². The maximum atomic E-state index is 6.06. The Labute approximate surface area is 140 Å². The number of benzene rings is 1. The topological polar surface area (TPSA) is 21.7 Å². The summed E-state index contributed by atoms with van der Waals surface area (Å²) >= 11 is 0. The molecule has 23 heavy (non-hydrogen) atoms. The highest BCUT2D eigenvalue weighted by atomic mass is 16.5. The van der Waals surface area contributed by atoms with Crippen LogP contribution >= 0.6 is 0 Å². The first-order valence-corrected chi connectivity index (χ1v) is 9.21. The van der Waals surface area contributed by atoms with Gasteiger partial charge in [-0.2, -0.15) is 0 Å². The molecule has 0 bridgehead atoms. The van der Waals surface area contributed by atoms with Gasteiger partial charge in [0, 0.05) is 30.2 Å². The van der Waals surface area contributed by atoms with Crippen LogP contribution < -0.4 is 4.74 Å². The van der Waals surface area contributed by atoms with Crippen LogP contribution in [0.25, 0.3) is 0 Å². The summed E-state index contributed by atoms with van der Waals surface area (Å²) in [7, 11) is 2.27. The van der Waals surface area contributed by atoms with Crippen molar-refractivity contribution in [3.8, 4) is 5.75 Å². The van der Waals surface area contributed by atoms with Gasteiger partial charge in [-0.25, -0.2) is 0 Å². The van der Waals surface area contributed by atoms with Gasteiger partial charge in [-0.1, -0.05) is 19.1 Å². The van der Waals surface area contributed by atoms with Crippen molar-refractivity contribution in [3.63, 3.8) is 0 Å². The fraction of sp³-hybridized carbons (Fsp3) is 0.700. The van der Waals surface area contributed by atoms with Gasteiger partial charge in [0.1, 0.15) is 5.75 Å². The van der Waals surface area contributed by atoms with Crippen LogP contribution in [0.1, 0.15) is 56.1 Å². The van der Waals surface area contributed by atoms with E-state index in [1.807, 2.05) is 0 Å². The largest absolute Gasteiger partial charge is 0.492 e. The Morgan fingerprint density at radius 3 is 2.78 bits per heavy atom. The van der Waals surface area contributed by atoms with Crippen molar-refractivity contribution < 1.29 is 9.47 Å². The number of rotatable bonds is 3. The van der Waals surface area contributed by atoms with Crippen LogP contribution in [-0.2, 0) is 10.2 Å². The maximum Gasteiger partial charge on any atom is 0.123 e. The van der Waals surface area contributed by atoms with Gasteiger partial charge in [0.05, 0.1) is 6.61 Å². The summed E-state index contributed by atoms with van der Waals surface area (Å²) in [6.45, 7) is 6.30. The van der Waals surface area contributed by atoms with Gasteiger partial charge < -0.3 is 14.4 Å². The summed E-state index contributed by atoms with van der Waals surface area (Å²) in [5.41, 5.74) is 3.10. The highest BCUT2D eigenvalue weighted by Gasteiger charge is 2.40. The second-order valence-corrected chi connectivity index (χ2v) is 7.97. The molecule has 0 N–H and O–H groups in total. The minimum absolute atomic E-state index is 0.166. The second-order valence-electron chi connectivity index (χ2n) is 7.97. The van der Waals surface area contributed by atoms with Crippen LogP contribution in [0.4, 0.5) is 0 Å². The zero-order chi connectivity index (χ0) is 15.9. The molecule has 2 saturated heterocycles. The van der Waals surface area contributed by atoms with E-state index in [9.17, 15) is 0 Å². The zero-order valence-corrected chi connectivity index (χ0v) is 14.5. The summed E-state index contributed by atoms with van der Waals surface area (Å²) in [6.07, 6.45) is 6.20. The Kier molecular flexibility index (Phi) is 4.10. The fourth-order valence-electron chi connectivity index (χ4n) is 4.67. The number of ether oxygens (including phenoxy) is 2. The fourth-order valence-corrected chi connectivity index (χ4v) is 4.67. The van der Waals surface area contributed by atoms with E-state index in [0.717, 1.165) is 38.4 Å². The van der Waals surface area contributed by atoms with Gasteiger partial charge >= 0.3 is 0 Å². The van der Waals surface area contributed by atoms with Gasteiger partial charge in [-0.3, -0.25) is 0 Å². The number of likely N-dealkylation sites (tertiary alicyclic amines) is 1. The number of fused-ring (bicyclic) bond motifs is 1. The highest BCUT2D eigenvalue weighted by molar-refractivity contribution is 5.46. The van der Waals surface area contributed by atoms with E-state index < -0.39 is 0 Å². The van der Waals surface area contributed by atoms with Gasteiger partial charge in [-0.05, 0) is 63.2 Å². The van der Waals surface area contributed by atoms with Crippen LogP contribution in [0.2, 0.25) is 0 Å². The maximum absolute atomic E-state index is 6.06. The molecule has 3 heteroatoms. The van der Waals surface area contributed by atoms with Crippen molar-refractivity contribution in [2.75, 3.05) is 33.4 Å². The lowest BCUT2D eigenvalue weighted by atomic mass is 9.77. The standard InChI is InChI=1S/C20H29NO2/c1-20(13-17-4-3-9-21(17)2)14-23-19-6-5-16(12-18(19)20)15-7-10-22-11-8-15/h5-6,12,15,17H,3-4,7-11,13-14H2,1-2H3/t17-,20?/m1/s1. The first-order valence-electron chi connectivity index (χ1n) is 9.21. The quantitative estimate of drug-likeness (QED) is 0.848. The predicted octanol–water partition coefficient (Wildman–Crippen LogP) is 3.72. The summed E-state index contributed by atoms with van der Waals surface area (Å²) in [6, 6.07) is 7.65. The molecule has 3 aliphatic rings. The molecule has 2 atom stereocenters. The number of hydrogen-bond acceptors (Lipinski definition) is 3. The molecule has 3 nitrogen and oxygen atoms in total. The Hall–Kier alpha value is -1.06. The van der Waals surface area contributed by atoms with Crippen molar-refractivity contribution in [1.29, 1.82) is 0 Å². The summed E-state index contributed by atoms with van der Waals surface area (Å²) in [5.74, 6) is 1.78. The summed E-state index contributed by atoms with van der Waals surface area (Å²) in [4.78, 5) is 2.53. The Morgan fingerprint density at radius 2 is 2.04 bits per heavy atom. The number of hydrogen-bond donors (Lipinski definition) is 0. The first kappa shape index (κ1) is 15.5. The average Bonchev–Trinajstić information content (AvgIpc) is 3.12. The molecule has 2 fully saturated rings. The van der Waals surface area contributed by atoms with Crippen LogP contribution in [0.15, 0.2) is 18.2 Å². The first-order chi connectivity index (χ1) is 11.2. The normalized spacial score (nSPS) is 32.0. The lowest BCUT2D eigenvalue weighted by Gasteiger charge is -2.30. The molecule has 0 radical (unpaired) electrons. The molecule has 0 aliphatic carbocycles. The molecule has 4 rings (SSSR count). The SMILES string of the molecule is CN1CCC[C@@H]1CC1(C)COc2ccc(C3CCOCC3)cc21. The van der Waals surface area contributed by atoms with E-state index in [2.05, 4.69) is 37.1 Å². The molecular weight excluding hydrogens is 286 g/mol. The van der Waals surface area contributed by atoms with Gasteiger partial charge in [0.25, 0.3) is 0 Å². The second kappa shape index (κ2) is 6.10. The third-order valence-corrected chi connectivity index (χ3v) is 6.25. The number of nitrogens with zero attached hydrogens (tertiary/aromatic N) is 1. The molecule has 1 aromatic rings. The van der Waals surface area contributed by atoms with Crippen molar-refractivity contribution >= 4 is 0 Å². The molecule has 3 heterocycles. The Bertz CT molecular complexity index is 567. The van der Waals surface area contributed by atoms with Crippen LogP contribution in [0, 0.1) is 0 Å². The smallest absolute Gasteiger partial charge is 0.123 e. The molecule has 3 aliphatic heterocycles. The Balaban J connectivity index is 1.58. The molecular formula is C20H29NO2. The van der Waals surface area contributed by atoms with Gasteiger partial charge in [0.2, 0.25) is 0 Å².